The quantitative estimate of drug-likeness (QED) is 0.0263. The summed E-state index contributed by atoms with van der Waals surface area (Å²) in [7, 11) is 0. The van der Waals surface area contributed by atoms with E-state index in [0.717, 1.165) is 77.0 Å². The van der Waals surface area contributed by atoms with Crippen LogP contribution in [0.2, 0.25) is 0 Å². The summed E-state index contributed by atoms with van der Waals surface area (Å²) in [6.07, 6.45) is 53.0. The van der Waals surface area contributed by atoms with Crippen LogP contribution in [0.3, 0.4) is 0 Å². The van der Waals surface area contributed by atoms with Crippen LogP contribution >= 0.6 is 0 Å². The van der Waals surface area contributed by atoms with E-state index >= 15 is 0 Å². The Morgan fingerprint density at radius 3 is 0.879 bits per heavy atom. The number of rotatable bonds is 46. The van der Waals surface area contributed by atoms with Crippen LogP contribution in [0, 0.1) is 0 Å². The first-order valence-electron chi connectivity index (χ1n) is 25.3. The van der Waals surface area contributed by atoms with Gasteiger partial charge in [0.25, 0.3) is 0 Å². The maximum Gasteiger partial charge on any atom is 0.306 e. The van der Waals surface area contributed by atoms with E-state index in [-0.39, 0.29) is 31.1 Å². The Morgan fingerprint density at radius 1 is 0.328 bits per heavy atom. The lowest BCUT2D eigenvalue weighted by Gasteiger charge is -2.18. The second-order valence-corrected chi connectivity index (χ2v) is 17.1. The number of hydrogen-bond donors (Lipinski definition) is 0. The number of allylic oxidation sites excluding steroid dienone is 4. The molecule has 0 aromatic carbocycles. The van der Waals surface area contributed by atoms with E-state index in [0.29, 0.717) is 19.3 Å². The van der Waals surface area contributed by atoms with Gasteiger partial charge in [-0.15, -0.1) is 0 Å². The van der Waals surface area contributed by atoms with Crippen LogP contribution in [-0.4, -0.2) is 37.2 Å². The molecule has 0 spiro atoms. The third-order valence-electron chi connectivity index (χ3n) is 11.2. The average molecular weight is 817 g/mol. The zero-order valence-electron chi connectivity index (χ0n) is 38.8. The Hall–Kier alpha value is -2.11. The molecule has 0 saturated carbocycles. The van der Waals surface area contributed by atoms with Gasteiger partial charge in [-0.3, -0.25) is 14.4 Å². The van der Waals surface area contributed by atoms with Gasteiger partial charge in [-0.2, -0.15) is 0 Å². The van der Waals surface area contributed by atoms with Crippen LogP contribution in [0.15, 0.2) is 24.3 Å². The highest BCUT2D eigenvalue weighted by Gasteiger charge is 2.19. The molecule has 0 N–H and O–H groups in total. The molecule has 0 bridgehead atoms. The van der Waals surface area contributed by atoms with Gasteiger partial charge < -0.3 is 14.2 Å². The highest BCUT2D eigenvalue weighted by molar-refractivity contribution is 5.71. The second-order valence-electron chi connectivity index (χ2n) is 17.1. The summed E-state index contributed by atoms with van der Waals surface area (Å²) in [6.45, 7) is 6.62. The number of ether oxygens (including phenoxy) is 3. The van der Waals surface area contributed by atoms with Crippen LogP contribution in [0.4, 0.5) is 0 Å². The number of carbonyl (C=O) groups excluding carboxylic acids is 3. The normalized spacial score (nSPS) is 12.1. The van der Waals surface area contributed by atoms with Gasteiger partial charge >= 0.3 is 17.9 Å². The number of hydrogen-bond acceptors (Lipinski definition) is 6. The highest BCUT2D eigenvalue weighted by atomic mass is 16.6. The first-order chi connectivity index (χ1) is 28.5. The van der Waals surface area contributed by atoms with Crippen molar-refractivity contribution in [3.05, 3.63) is 24.3 Å². The summed E-state index contributed by atoms with van der Waals surface area (Å²) >= 11 is 0. The third-order valence-corrected chi connectivity index (χ3v) is 11.2. The largest absolute Gasteiger partial charge is 0.462 e. The zero-order chi connectivity index (χ0) is 42.3. The summed E-state index contributed by atoms with van der Waals surface area (Å²) in [5, 5.41) is 0. The van der Waals surface area contributed by atoms with Crippen molar-refractivity contribution >= 4 is 17.9 Å². The standard InChI is InChI=1S/C52H96O6/c1-4-7-10-13-16-19-22-24-26-27-29-30-33-36-39-42-45-51(54)57-48-49(47-56-50(53)44-41-38-35-32-21-18-15-12-9-6-3)58-52(55)46-43-40-37-34-31-28-25-23-20-17-14-11-8-5-2/h26-28,31,49H,4-25,29-30,32-48H2,1-3H3/b27-26-,31-28-. The fourth-order valence-corrected chi connectivity index (χ4v) is 7.31. The van der Waals surface area contributed by atoms with Crippen LogP contribution in [0.5, 0.6) is 0 Å². The molecular formula is C52H96O6. The minimum absolute atomic E-state index is 0.0767. The summed E-state index contributed by atoms with van der Waals surface area (Å²) in [4.78, 5) is 37.8. The summed E-state index contributed by atoms with van der Waals surface area (Å²) in [6, 6.07) is 0. The minimum Gasteiger partial charge on any atom is -0.462 e. The van der Waals surface area contributed by atoms with E-state index in [9.17, 15) is 14.4 Å². The van der Waals surface area contributed by atoms with Gasteiger partial charge in [-0.25, -0.2) is 0 Å². The molecule has 0 aliphatic rings. The van der Waals surface area contributed by atoms with Crippen molar-refractivity contribution in [3.8, 4) is 0 Å². The molecule has 6 heteroatoms. The van der Waals surface area contributed by atoms with Gasteiger partial charge in [0, 0.05) is 19.3 Å². The molecule has 0 saturated heterocycles. The summed E-state index contributed by atoms with van der Waals surface area (Å²) in [5.74, 6) is -0.893. The lowest BCUT2D eigenvalue weighted by Crippen LogP contribution is -2.30. The molecule has 0 aromatic heterocycles. The molecule has 1 unspecified atom stereocenters. The second kappa shape index (κ2) is 47.6. The Labute approximate surface area is 360 Å². The molecule has 0 aromatic rings. The predicted molar refractivity (Wildman–Crippen MR) is 247 cm³/mol. The van der Waals surface area contributed by atoms with Gasteiger partial charge in [-0.05, 0) is 70.6 Å². The monoisotopic (exact) mass is 817 g/mol. The van der Waals surface area contributed by atoms with Crippen molar-refractivity contribution in [1.82, 2.24) is 0 Å². The van der Waals surface area contributed by atoms with Crippen molar-refractivity contribution in [1.29, 1.82) is 0 Å². The molecule has 6 nitrogen and oxygen atoms in total. The van der Waals surface area contributed by atoms with E-state index < -0.39 is 6.10 Å². The molecule has 0 heterocycles. The topological polar surface area (TPSA) is 78.9 Å². The SMILES string of the molecule is CCCCCCCCC/C=C\CCCCCCCC(=O)OCC(COC(=O)CCCCCCCCCCCC)OC(=O)CCCCC/C=C\CCCCCCCCC. The zero-order valence-corrected chi connectivity index (χ0v) is 38.8. The van der Waals surface area contributed by atoms with E-state index in [4.69, 9.17) is 14.2 Å². The van der Waals surface area contributed by atoms with Crippen molar-refractivity contribution < 1.29 is 28.6 Å². The third kappa shape index (κ3) is 45.0. The number of carbonyl (C=O) groups is 3. The van der Waals surface area contributed by atoms with Gasteiger partial charge in [0.15, 0.2) is 6.10 Å². The Morgan fingerprint density at radius 2 is 0.569 bits per heavy atom. The molecule has 58 heavy (non-hydrogen) atoms. The van der Waals surface area contributed by atoms with E-state index in [1.807, 2.05) is 0 Å². The van der Waals surface area contributed by atoms with Gasteiger partial charge in [0.2, 0.25) is 0 Å². The number of esters is 3. The van der Waals surface area contributed by atoms with E-state index in [1.54, 1.807) is 0 Å². The van der Waals surface area contributed by atoms with Crippen molar-refractivity contribution in [3.63, 3.8) is 0 Å². The molecular weight excluding hydrogens is 721 g/mol. The van der Waals surface area contributed by atoms with Crippen LogP contribution in [0.25, 0.3) is 0 Å². The van der Waals surface area contributed by atoms with Gasteiger partial charge in [0.1, 0.15) is 13.2 Å². The van der Waals surface area contributed by atoms with E-state index in [2.05, 4.69) is 45.1 Å². The molecule has 0 rings (SSSR count). The van der Waals surface area contributed by atoms with Gasteiger partial charge in [-0.1, -0.05) is 206 Å². The van der Waals surface area contributed by atoms with Crippen LogP contribution in [-0.2, 0) is 28.6 Å². The van der Waals surface area contributed by atoms with Crippen molar-refractivity contribution in [2.45, 2.75) is 277 Å². The predicted octanol–water partition coefficient (Wildman–Crippen LogP) is 16.4. The lowest BCUT2D eigenvalue weighted by atomic mass is 10.1. The van der Waals surface area contributed by atoms with Crippen molar-refractivity contribution in [2.75, 3.05) is 13.2 Å². The molecule has 340 valence electrons. The molecule has 0 radical (unpaired) electrons. The minimum atomic E-state index is -0.776. The average Bonchev–Trinajstić information content (AvgIpc) is 3.22. The molecule has 0 aliphatic carbocycles. The van der Waals surface area contributed by atoms with Crippen LogP contribution < -0.4 is 0 Å². The lowest BCUT2D eigenvalue weighted by molar-refractivity contribution is -0.167. The Bertz CT molecular complexity index is 942. The Kier molecular flexibility index (Phi) is 45.8. The molecule has 0 amide bonds. The Balaban J connectivity index is 4.35. The molecule has 0 fully saturated rings. The van der Waals surface area contributed by atoms with Crippen LogP contribution in [0.1, 0.15) is 271 Å². The summed E-state index contributed by atoms with van der Waals surface area (Å²) in [5.41, 5.74) is 0. The van der Waals surface area contributed by atoms with Crippen molar-refractivity contribution in [2.24, 2.45) is 0 Å². The molecule has 0 aliphatic heterocycles. The molecule has 1 atom stereocenters. The fraction of sp³-hybridized carbons (Fsp3) is 0.865. The summed E-state index contributed by atoms with van der Waals surface area (Å²) < 4.78 is 16.7. The first-order valence-corrected chi connectivity index (χ1v) is 25.3. The first kappa shape index (κ1) is 55.9. The highest BCUT2D eigenvalue weighted by Crippen LogP contribution is 2.15. The number of unbranched alkanes of at least 4 members (excludes halogenated alkanes) is 31. The van der Waals surface area contributed by atoms with Gasteiger partial charge in [0.05, 0.1) is 0 Å². The smallest absolute Gasteiger partial charge is 0.306 e. The van der Waals surface area contributed by atoms with E-state index in [1.165, 1.54) is 154 Å². The maximum absolute atomic E-state index is 12.7. The maximum atomic E-state index is 12.7. The fourth-order valence-electron chi connectivity index (χ4n) is 7.31.